The molecule has 1 N–H and O–H groups in total. The molecule has 0 saturated carbocycles. The number of aromatic nitrogens is 3. The predicted molar refractivity (Wildman–Crippen MR) is 89.2 cm³/mol. The third-order valence-electron chi connectivity index (χ3n) is 3.96. The zero-order chi connectivity index (χ0) is 15.5. The highest BCUT2D eigenvalue weighted by Gasteiger charge is 2.26. The van der Waals surface area contributed by atoms with Gasteiger partial charge < -0.3 is 10.2 Å². The van der Waals surface area contributed by atoms with Crippen LogP contribution in [0.25, 0.3) is 0 Å². The number of hydrogen-bond acceptors (Lipinski definition) is 4. The molecule has 22 heavy (non-hydrogen) atoms. The molecule has 0 spiro atoms. The lowest BCUT2D eigenvalue weighted by Crippen LogP contribution is -2.39. The molecule has 0 radical (unpaired) electrons. The van der Waals surface area contributed by atoms with Gasteiger partial charge in [0.05, 0.1) is 12.7 Å². The molecule has 0 aromatic carbocycles. The predicted octanol–water partition coefficient (Wildman–Crippen LogP) is 1.75. The maximum Gasteiger partial charge on any atom is 0.194 e. The summed E-state index contributed by atoms with van der Waals surface area (Å²) in [7, 11) is 3.81. The largest absolute Gasteiger partial charge is 0.350 e. The molecule has 1 atom stereocenters. The van der Waals surface area contributed by atoms with Gasteiger partial charge in [-0.3, -0.25) is 9.67 Å². The summed E-state index contributed by atoms with van der Waals surface area (Å²) in [5, 5.41) is 10.9. The molecular weight excluding hydrogens is 296 g/mol. The van der Waals surface area contributed by atoms with E-state index < -0.39 is 0 Å². The minimum Gasteiger partial charge on any atom is -0.350 e. The summed E-state index contributed by atoms with van der Waals surface area (Å²) >= 11 is 1.69. The molecule has 2 aromatic rings. The van der Waals surface area contributed by atoms with Gasteiger partial charge in [0.15, 0.2) is 5.96 Å². The molecule has 0 bridgehead atoms. The Labute approximate surface area is 134 Å². The van der Waals surface area contributed by atoms with Crippen LogP contribution in [0.5, 0.6) is 0 Å². The number of nitrogens with zero attached hydrogens (tertiary/aromatic N) is 5. The van der Waals surface area contributed by atoms with Crippen molar-refractivity contribution in [2.45, 2.75) is 25.8 Å². The number of nitrogens with one attached hydrogen (secondary N) is 1. The molecule has 1 aliphatic rings. The van der Waals surface area contributed by atoms with Crippen molar-refractivity contribution in [1.82, 2.24) is 25.0 Å². The Balaban J connectivity index is 1.58. The molecule has 0 aliphatic carbocycles. The fraction of sp³-hybridized carbons (Fsp3) is 0.533. The van der Waals surface area contributed by atoms with Crippen LogP contribution in [0.15, 0.2) is 22.8 Å². The number of aliphatic imine (C=N–C) groups is 1. The summed E-state index contributed by atoms with van der Waals surface area (Å²) in [6.07, 6.45) is 5.23. The van der Waals surface area contributed by atoms with Gasteiger partial charge in [0, 0.05) is 50.4 Å². The maximum atomic E-state index is 4.48. The first kappa shape index (κ1) is 15.0. The smallest absolute Gasteiger partial charge is 0.194 e. The van der Waals surface area contributed by atoms with Crippen molar-refractivity contribution in [2.24, 2.45) is 12.0 Å². The summed E-state index contributed by atoms with van der Waals surface area (Å²) in [5.74, 6) is 1.49. The van der Waals surface area contributed by atoms with Crippen LogP contribution < -0.4 is 5.32 Å². The number of thiazole rings is 1. The summed E-state index contributed by atoms with van der Waals surface area (Å²) in [5.41, 5.74) is 2.39. The molecule has 1 saturated heterocycles. The van der Waals surface area contributed by atoms with E-state index in [1.54, 1.807) is 11.3 Å². The van der Waals surface area contributed by atoms with Crippen LogP contribution in [-0.2, 0) is 13.6 Å². The van der Waals surface area contributed by atoms with Gasteiger partial charge in [-0.25, -0.2) is 4.98 Å². The van der Waals surface area contributed by atoms with Crippen LogP contribution in [0.1, 0.15) is 28.6 Å². The first-order chi connectivity index (χ1) is 10.7. The molecule has 3 rings (SSSR count). The van der Waals surface area contributed by atoms with Crippen molar-refractivity contribution in [3.8, 4) is 0 Å². The molecule has 118 valence electrons. The highest BCUT2D eigenvalue weighted by atomic mass is 32.1. The average molecular weight is 318 g/mol. The fourth-order valence-corrected chi connectivity index (χ4v) is 3.56. The lowest BCUT2D eigenvalue weighted by molar-refractivity contribution is 0.485. The summed E-state index contributed by atoms with van der Waals surface area (Å²) in [4.78, 5) is 11.2. The second-order valence-electron chi connectivity index (χ2n) is 5.66. The van der Waals surface area contributed by atoms with Gasteiger partial charge in [-0.2, -0.15) is 5.10 Å². The molecule has 2 aromatic heterocycles. The van der Waals surface area contributed by atoms with Gasteiger partial charge in [-0.1, -0.05) is 0 Å². The third kappa shape index (κ3) is 3.30. The van der Waals surface area contributed by atoms with E-state index in [0.717, 1.165) is 42.7 Å². The van der Waals surface area contributed by atoms with E-state index in [1.165, 1.54) is 5.56 Å². The van der Waals surface area contributed by atoms with Crippen molar-refractivity contribution in [2.75, 3.05) is 20.1 Å². The quantitative estimate of drug-likeness (QED) is 0.692. The lowest BCUT2D eigenvalue weighted by Gasteiger charge is -2.21. The number of hydrogen-bond donors (Lipinski definition) is 1. The topological polar surface area (TPSA) is 58.3 Å². The molecule has 0 amide bonds. The average Bonchev–Trinajstić information content (AvgIpc) is 3.21. The molecule has 7 heteroatoms. The molecular formula is C15H22N6S. The second-order valence-corrected chi connectivity index (χ2v) is 6.60. The summed E-state index contributed by atoms with van der Waals surface area (Å²) in [6.45, 7) is 4.77. The van der Waals surface area contributed by atoms with Crippen molar-refractivity contribution in [1.29, 1.82) is 0 Å². The fourth-order valence-electron chi connectivity index (χ4n) is 2.85. The number of likely N-dealkylation sites (tertiary alicyclic amines) is 1. The Morgan fingerprint density at radius 2 is 2.41 bits per heavy atom. The van der Waals surface area contributed by atoms with E-state index >= 15 is 0 Å². The summed E-state index contributed by atoms with van der Waals surface area (Å²) < 4.78 is 1.87. The number of aryl methyl sites for hydroxylation is 2. The van der Waals surface area contributed by atoms with E-state index in [-0.39, 0.29) is 0 Å². The molecule has 1 unspecified atom stereocenters. The zero-order valence-electron chi connectivity index (χ0n) is 13.3. The van der Waals surface area contributed by atoms with Gasteiger partial charge in [0.2, 0.25) is 0 Å². The Kier molecular flexibility index (Phi) is 4.42. The standard InChI is InChI=1S/C15H22N6S/c1-11-10-22-14(19-11)7-17-15(16-2)21-5-4-12(9-21)13-6-18-20(3)8-13/h6,8,10,12H,4-5,7,9H2,1-3H3,(H,16,17). The molecule has 6 nitrogen and oxygen atoms in total. The Morgan fingerprint density at radius 3 is 3.05 bits per heavy atom. The first-order valence-electron chi connectivity index (χ1n) is 7.51. The number of rotatable bonds is 3. The van der Waals surface area contributed by atoms with Crippen LogP contribution in [-0.4, -0.2) is 45.8 Å². The van der Waals surface area contributed by atoms with Crippen molar-refractivity contribution in [3.63, 3.8) is 0 Å². The Morgan fingerprint density at radius 1 is 1.55 bits per heavy atom. The van der Waals surface area contributed by atoms with E-state index in [4.69, 9.17) is 0 Å². The minimum absolute atomic E-state index is 0.536. The van der Waals surface area contributed by atoms with Gasteiger partial charge in [-0.15, -0.1) is 11.3 Å². The van der Waals surface area contributed by atoms with Crippen molar-refractivity contribution in [3.05, 3.63) is 34.0 Å². The third-order valence-corrected chi connectivity index (χ3v) is 4.93. The molecule has 1 fully saturated rings. The Hall–Kier alpha value is -1.89. The van der Waals surface area contributed by atoms with Crippen LogP contribution >= 0.6 is 11.3 Å². The SMILES string of the molecule is CN=C(NCc1nc(C)cs1)N1CCC(c2cnn(C)c2)C1. The first-order valence-corrected chi connectivity index (χ1v) is 8.39. The summed E-state index contributed by atoms with van der Waals surface area (Å²) in [6, 6.07) is 0. The normalized spacial score (nSPS) is 19.0. The highest BCUT2D eigenvalue weighted by molar-refractivity contribution is 7.09. The lowest BCUT2D eigenvalue weighted by atomic mass is 10.0. The zero-order valence-corrected chi connectivity index (χ0v) is 14.1. The van der Waals surface area contributed by atoms with E-state index in [9.17, 15) is 0 Å². The monoisotopic (exact) mass is 318 g/mol. The number of guanidine groups is 1. The van der Waals surface area contributed by atoms with Crippen LogP contribution in [0.2, 0.25) is 0 Å². The highest BCUT2D eigenvalue weighted by Crippen LogP contribution is 2.26. The van der Waals surface area contributed by atoms with Crippen LogP contribution in [0.4, 0.5) is 0 Å². The van der Waals surface area contributed by atoms with E-state index in [0.29, 0.717) is 5.92 Å². The Bertz CT molecular complexity index is 659. The molecule has 3 heterocycles. The van der Waals surface area contributed by atoms with Gasteiger partial charge in [0.25, 0.3) is 0 Å². The minimum atomic E-state index is 0.536. The van der Waals surface area contributed by atoms with Gasteiger partial charge in [0.1, 0.15) is 5.01 Å². The van der Waals surface area contributed by atoms with Crippen LogP contribution in [0.3, 0.4) is 0 Å². The van der Waals surface area contributed by atoms with E-state index in [2.05, 4.69) is 36.9 Å². The van der Waals surface area contributed by atoms with Crippen molar-refractivity contribution >= 4 is 17.3 Å². The van der Waals surface area contributed by atoms with Gasteiger partial charge >= 0.3 is 0 Å². The van der Waals surface area contributed by atoms with E-state index in [1.807, 2.05) is 31.9 Å². The second kappa shape index (κ2) is 6.48. The van der Waals surface area contributed by atoms with Gasteiger partial charge in [-0.05, 0) is 18.9 Å². The van der Waals surface area contributed by atoms with Crippen LogP contribution in [0, 0.1) is 6.92 Å². The van der Waals surface area contributed by atoms with Crippen molar-refractivity contribution < 1.29 is 0 Å². The molecule has 1 aliphatic heterocycles. The maximum absolute atomic E-state index is 4.48.